The molecule has 3 nitrogen and oxygen atoms in total. The zero-order valence-electron chi connectivity index (χ0n) is 10.9. The molecule has 18 heavy (non-hydrogen) atoms. The van der Waals surface area contributed by atoms with E-state index < -0.39 is 0 Å². The molecule has 1 aliphatic heterocycles. The zero-order chi connectivity index (χ0) is 13.2. The summed E-state index contributed by atoms with van der Waals surface area (Å²) in [5, 5.41) is 0. The van der Waals surface area contributed by atoms with E-state index in [4.69, 9.17) is 0 Å². The minimum Gasteiger partial charge on any atom is -0.338 e. The molecule has 1 aromatic heterocycles. The highest BCUT2D eigenvalue weighted by molar-refractivity contribution is 9.10. The van der Waals surface area contributed by atoms with Gasteiger partial charge < -0.3 is 4.90 Å². The molecule has 1 amide bonds. The number of likely N-dealkylation sites (tertiary alicyclic amines) is 1. The third-order valence-corrected chi connectivity index (χ3v) is 4.67. The van der Waals surface area contributed by atoms with E-state index in [1.165, 1.54) is 0 Å². The molecule has 1 aromatic rings. The van der Waals surface area contributed by atoms with Crippen molar-refractivity contribution in [2.45, 2.75) is 33.1 Å². The van der Waals surface area contributed by atoms with Crippen LogP contribution in [0.25, 0.3) is 0 Å². The molecule has 2 heterocycles. The smallest absolute Gasteiger partial charge is 0.255 e. The van der Waals surface area contributed by atoms with Crippen LogP contribution >= 0.6 is 15.9 Å². The van der Waals surface area contributed by atoms with Gasteiger partial charge >= 0.3 is 0 Å². The molecule has 0 N–H and O–H groups in total. The molecule has 0 atom stereocenters. The van der Waals surface area contributed by atoms with Crippen molar-refractivity contribution in [1.29, 1.82) is 0 Å². The Morgan fingerprint density at radius 2 is 2.17 bits per heavy atom. The standard InChI is InChI=1S/C14H19BrN2O/c1-3-14(4-2)7-8-17(10-14)13(18)11-5-6-12(15)16-9-11/h5-6,9H,3-4,7-8,10H2,1-2H3. The lowest BCUT2D eigenvalue weighted by Crippen LogP contribution is -2.31. The largest absolute Gasteiger partial charge is 0.338 e. The average molecular weight is 311 g/mol. The number of carbonyl (C=O) groups is 1. The molecule has 2 rings (SSSR count). The fraction of sp³-hybridized carbons (Fsp3) is 0.571. The molecule has 0 spiro atoms. The van der Waals surface area contributed by atoms with E-state index in [9.17, 15) is 4.79 Å². The normalized spacial score (nSPS) is 18.1. The van der Waals surface area contributed by atoms with E-state index in [-0.39, 0.29) is 5.91 Å². The summed E-state index contributed by atoms with van der Waals surface area (Å²) in [5.41, 5.74) is 1.01. The van der Waals surface area contributed by atoms with Crippen LogP contribution in [0.5, 0.6) is 0 Å². The fourth-order valence-electron chi connectivity index (χ4n) is 2.62. The van der Waals surface area contributed by atoms with Crippen LogP contribution in [0.2, 0.25) is 0 Å². The molecular formula is C14H19BrN2O. The summed E-state index contributed by atoms with van der Waals surface area (Å²) in [6.45, 7) is 6.20. The van der Waals surface area contributed by atoms with E-state index in [1.807, 2.05) is 17.0 Å². The summed E-state index contributed by atoms with van der Waals surface area (Å²) in [6, 6.07) is 3.65. The van der Waals surface area contributed by atoms with Gasteiger partial charge in [0.15, 0.2) is 0 Å². The summed E-state index contributed by atoms with van der Waals surface area (Å²) >= 11 is 3.28. The highest BCUT2D eigenvalue weighted by Crippen LogP contribution is 2.37. The first-order chi connectivity index (χ1) is 8.60. The maximum Gasteiger partial charge on any atom is 0.255 e. The van der Waals surface area contributed by atoms with Crippen molar-refractivity contribution in [3.8, 4) is 0 Å². The van der Waals surface area contributed by atoms with Gasteiger partial charge in [-0.1, -0.05) is 13.8 Å². The fourth-order valence-corrected chi connectivity index (χ4v) is 2.86. The van der Waals surface area contributed by atoms with Crippen LogP contribution in [0.1, 0.15) is 43.5 Å². The number of nitrogens with zero attached hydrogens (tertiary/aromatic N) is 2. The molecule has 0 radical (unpaired) electrons. The van der Waals surface area contributed by atoms with Crippen LogP contribution in [0.4, 0.5) is 0 Å². The molecule has 4 heteroatoms. The van der Waals surface area contributed by atoms with Crippen LogP contribution in [-0.2, 0) is 0 Å². The molecule has 1 saturated heterocycles. The molecule has 0 bridgehead atoms. The number of rotatable bonds is 3. The summed E-state index contributed by atoms with van der Waals surface area (Å²) in [5.74, 6) is 0.110. The van der Waals surface area contributed by atoms with Crippen molar-refractivity contribution in [3.63, 3.8) is 0 Å². The molecule has 0 aromatic carbocycles. The summed E-state index contributed by atoms with van der Waals surface area (Å²) < 4.78 is 0.761. The average Bonchev–Trinajstić information content (AvgIpc) is 2.84. The van der Waals surface area contributed by atoms with Crippen LogP contribution in [0.3, 0.4) is 0 Å². The Morgan fingerprint density at radius 1 is 1.44 bits per heavy atom. The third kappa shape index (κ3) is 2.58. The van der Waals surface area contributed by atoms with E-state index in [0.29, 0.717) is 11.0 Å². The first-order valence-electron chi connectivity index (χ1n) is 6.51. The van der Waals surface area contributed by atoms with Gasteiger partial charge in [0.1, 0.15) is 4.60 Å². The number of pyridine rings is 1. The number of carbonyl (C=O) groups excluding carboxylic acids is 1. The van der Waals surface area contributed by atoms with E-state index in [2.05, 4.69) is 34.8 Å². The van der Waals surface area contributed by atoms with Crippen molar-refractivity contribution in [2.24, 2.45) is 5.41 Å². The Labute approximate surface area is 117 Å². The summed E-state index contributed by atoms with van der Waals surface area (Å²) in [6.07, 6.45) is 5.05. The SMILES string of the molecule is CCC1(CC)CCN(C(=O)c2ccc(Br)nc2)C1. The van der Waals surface area contributed by atoms with E-state index in [1.54, 1.807) is 6.20 Å². The number of hydrogen-bond acceptors (Lipinski definition) is 2. The predicted molar refractivity (Wildman–Crippen MR) is 75.5 cm³/mol. The van der Waals surface area contributed by atoms with Crippen molar-refractivity contribution in [1.82, 2.24) is 9.88 Å². The van der Waals surface area contributed by atoms with Gasteiger partial charge in [-0.05, 0) is 52.7 Å². The van der Waals surface area contributed by atoms with Gasteiger partial charge in [0, 0.05) is 19.3 Å². The number of halogens is 1. The molecule has 0 saturated carbocycles. The lowest BCUT2D eigenvalue weighted by molar-refractivity contribution is 0.0769. The Balaban J connectivity index is 2.10. The zero-order valence-corrected chi connectivity index (χ0v) is 12.5. The van der Waals surface area contributed by atoms with Gasteiger partial charge in [-0.2, -0.15) is 0 Å². The maximum absolute atomic E-state index is 12.3. The highest BCUT2D eigenvalue weighted by atomic mass is 79.9. The summed E-state index contributed by atoms with van der Waals surface area (Å²) in [7, 11) is 0. The minimum atomic E-state index is 0.110. The minimum absolute atomic E-state index is 0.110. The monoisotopic (exact) mass is 310 g/mol. The maximum atomic E-state index is 12.3. The van der Waals surface area contributed by atoms with Crippen molar-refractivity contribution < 1.29 is 4.79 Å². The van der Waals surface area contributed by atoms with Crippen LogP contribution in [0.15, 0.2) is 22.9 Å². The molecular weight excluding hydrogens is 292 g/mol. The molecule has 0 unspecified atom stereocenters. The van der Waals surface area contributed by atoms with Crippen molar-refractivity contribution >= 4 is 21.8 Å². The second kappa shape index (κ2) is 5.39. The van der Waals surface area contributed by atoms with Gasteiger partial charge in [0.25, 0.3) is 5.91 Å². The second-order valence-electron chi connectivity index (χ2n) is 5.05. The number of aromatic nitrogens is 1. The Morgan fingerprint density at radius 3 is 2.67 bits per heavy atom. The second-order valence-corrected chi connectivity index (χ2v) is 5.87. The van der Waals surface area contributed by atoms with Gasteiger partial charge in [-0.15, -0.1) is 0 Å². The first kappa shape index (κ1) is 13.5. The lowest BCUT2D eigenvalue weighted by atomic mass is 9.82. The molecule has 0 aliphatic carbocycles. The molecule has 98 valence electrons. The van der Waals surface area contributed by atoms with Gasteiger partial charge in [0.2, 0.25) is 0 Å². The van der Waals surface area contributed by atoms with Crippen molar-refractivity contribution in [3.05, 3.63) is 28.5 Å². The number of hydrogen-bond donors (Lipinski definition) is 0. The van der Waals surface area contributed by atoms with Crippen LogP contribution in [-0.4, -0.2) is 28.9 Å². The van der Waals surface area contributed by atoms with Crippen LogP contribution < -0.4 is 0 Å². The Kier molecular flexibility index (Phi) is 4.05. The Hall–Kier alpha value is -0.900. The molecule has 1 fully saturated rings. The topological polar surface area (TPSA) is 33.2 Å². The molecule has 1 aliphatic rings. The first-order valence-corrected chi connectivity index (χ1v) is 7.30. The Bertz CT molecular complexity index is 426. The van der Waals surface area contributed by atoms with Crippen LogP contribution in [0, 0.1) is 5.41 Å². The summed E-state index contributed by atoms with van der Waals surface area (Å²) in [4.78, 5) is 18.4. The third-order valence-electron chi connectivity index (χ3n) is 4.20. The van der Waals surface area contributed by atoms with Gasteiger partial charge in [-0.3, -0.25) is 4.79 Å². The van der Waals surface area contributed by atoms with Gasteiger partial charge in [-0.25, -0.2) is 4.98 Å². The highest BCUT2D eigenvalue weighted by Gasteiger charge is 2.37. The van der Waals surface area contributed by atoms with Crippen molar-refractivity contribution in [2.75, 3.05) is 13.1 Å². The van der Waals surface area contributed by atoms with Gasteiger partial charge in [0.05, 0.1) is 5.56 Å². The van der Waals surface area contributed by atoms with E-state index >= 15 is 0 Å². The van der Waals surface area contributed by atoms with E-state index in [0.717, 1.165) is 37.0 Å². The predicted octanol–water partition coefficient (Wildman–Crippen LogP) is 3.50. The quantitative estimate of drug-likeness (QED) is 0.801. The number of amides is 1. The lowest BCUT2D eigenvalue weighted by Gasteiger charge is -2.26.